The summed E-state index contributed by atoms with van der Waals surface area (Å²) in [5.41, 5.74) is 6.78. The average Bonchev–Trinajstić information content (AvgIpc) is 2.35. The van der Waals surface area contributed by atoms with E-state index in [1.165, 1.54) is 5.56 Å². The van der Waals surface area contributed by atoms with Gasteiger partial charge in [0.15, 0.2) is 0 Å². The van der Waals surface area contributed by atoms with E-state index >= 15 is 0 Å². The summed E-state index contributed by atoms with van der Waals surface area (Å²) in [5.74, 6) is 1.30. The molecule has 2 rings (SSSR count). The van der Waals surface area contributed by atoms with E-state index in [4.69, 9.17) is 10.5 Å². The highest BCUT2D eigenvalue weighted by atomic mass is 35.5. The third-order valence-electron chi connectivity index (χ3n) is 3.14. The molecule has 1 aliphatic heterocycles. The number of para-hydroxylation sites is 1. The molecule has 106 valence electrons. The SMILES string of the molecule is CC(N)CC(=O)NCC1CCOc2ccccc21.Cl. The highest BCUT2D eigenvalue weighted by Crippen LogP contribution is 2.32. The lowest BCUT2D eigenvalue weighted by molar-refractivity contribution is -0.121. The molecule has 0 spiro atoms. The molecule has 0 saturated heterocycles. The minimum atomic E-state index is -0.0908. The van der Waals surface area contributed by atoms with Crippen LogP contribution in [-0.4, -0.2) is 25.1 Å². The van der Waals surface area contributed by atoms with E-state index in [-0.39, 0.29) is 24.4 Å². The van der Waals surface area contributed by atoms with Gasteiger partial charge in [0, 0.05) is 24.9 Å². The maximum Gasteiger partial charge on any atom is 0.221 e. The lowest BCUT2D eigenvalue weighted by atomic mass is 9.93. The number of hydrogen-bond donors (Lipinski definition) is 2. The van der Waals surface area contributed by atoms with Gasteiger partial charge in [-0.15, -0.1) is 12.4 Å². The van der Waals surface area contributed by atoms with Crippen LogP contribution in [0.25, 0.3) is 0 Å². The molecule has 0 bridgehead atoms. The summed E-state index contributed by atoms with van der Waals surface area (Å²) in [4.78, 5) is 11.6. The molecular weight excluding hydrogens is 264 g/mol. The Hall–Kier alpha value is -1.26. The Morgan fingerprint density at radius 2 is 2.26 bits per heavy atom. The second-order valence-electron chi connectivity index (χ2n) is 4.86. The van der Waals surface area contributed by atoms with Crippen LogP contribution in [-0.2, 0) is 4.79 Å². The van der Waals surface area contributed by atoms with Crippen molar-refractivity contribution in [1.29, 1.82) is 0 Å². The molecule has 2 unspecified atom stereocenters. The largest absolute Gasteiger partial charge is 0.493 e. The highest BCUT2D eigenvalue weighted by Gasteiger charge is 2.21. The molecule has 0 saturated carbocycles. The van der Waals surface area contributed by atoms with Crippen LogP contribution in [0.15, 0.2) is 24.3 Å². The molecule has 0 radical (unpaired) electrons. The van der Waals surface area contributed by atoms with Crippen LogP contribution in [0.5, 0.6) is 5.75 Å². The second kappa shape index (κ2) is 7.36. The third-order valence-corrected chi connectivity index (χ3v) is 3.14. The summed E-state index contributed by atoms with van der Waals surface area (Å²) in [5, 5.41) is 2.95. The van der Waals surface area contributed by atoms with E-state index in [2.05, 4.69) is 11.4 Å². The molecule has 1 amide bonds. The van der Waals surface area contributed by atoms with Crippen molar-refractivity contribution in [3.05, 3.63) is 29.8 Å². The normalized spacial score (nSPS) is 18.5. The zero-order valence-electron chi connectivity index (χ0n) is 11.1. The summed E-state index contributed by atoms with van der Waals surface area (Å²) in [6.45, 7) is 3.21. The maximum absolute atomic E-state index is 11.6. The molecule has 19 heavy (non-hydrogen) atoms. The van der Waals surface area contributed by atoms with Gasteiger partial charge in [0.05, 0.1) is 6.61 Å². The number of benzene rings is 1. The molecule has 0 fully saturated rings. The van der Waals surface area contributed by atoms with Gasteiger partial charge in [-0.3, -0.25) is 4.79 Å². The van der Waals surface area contributed by atoms with E-state index in [1.54, 1.807) is 0 Å². The summed E-state index contributed by atoms with van der Waals surface area (Å²) in [6.07, 6.45) is 1.32. The fourth-order valence-electron chi connectivity index (χ4n) is 2.23. The Morgan fingerprint density at radius 1 is 1.53 bits per heavy atom. The predicted molar refractivity (Wildman–Crippen MR) is 77.8 cm³/mol. The lowest BCUT2D eigenvalue weighted by Gasteiger charge is -2.26. The first kappa shape index (κ1) is 15.8. The molecule has 1 heterocycles. The van der Waals surface area contributed by atoms with Crippen molar-refractivity contribution in [3.8, 4) is 5.75 Å². The van der Waals surface area contributed by atoms with Crippen LogP contribution in [0, 0.1) is 0 Å². The van der Waals surface area contributed by atoms with Gasteiger partial charge in [-0.1, -0.05) is 18.2 Å². The molecule has 4 nitrogen and oxygen atoms in total. The Balaban J connectivity index is 0.00000180. The fourth-order valence-corrected chi connectivity index (χ4v) is 2.23. The minimum Gasteiger partial charge on any atom is -0.493 e. The number of carbonyl (C=O) groups is 1. The Labute approximate surface area is 120 Å². The quantitative estimate of drug-likeness (QED) is 0.886. The third kappa shape index (κ3) is 4.40. The summed E-state index contributed by atoms with van der Waals surface area (Å²) < 4.78 is 5.59. The molecule has 2 atom stereocenters. The first-order chi connectivity index (χ1) is 8.66. The van der Waals surface area contributed by atoms with Crippen molar-refractivity contribution < 1.29 is 9.53 Å². The van der Waals surface area contributed by atoms with E-state index in [0.717, 1.165) is 12.2 Å². The Bertz CT molecular complexity index is 424. The molecule has 1 aliphatic rings. The summed E-state index contributed by atoms with van der Waals surface area (Å²) in [7, 11) is 0. The van der Waals surface area contributed by atoms with Crippen LogP contribution in [0.1, 0.15) is 31.2 Å². The van der Waals surface area contributed by atoms with E-state index in [9.17, 15) is 4.79 Å². The van der Waals surface area contributed by atoms with Crippen molar-refractivity contribution in [2.45, 2.75) is 31.7 Å². The second-order valence-corrected chi connectivity index (χ2v) is 4.86. The minimum absolute atomic E-state index is 0. The van der Waals surface area contributed by atoms with Gasteiger partial charge < -0.3 is 15.8 Å². The van der Waals surface area contributed by atoms with Crippen LogP contribution >= 0.6 is 12.4 Å². The molecule has 5 heteroatoms. The van der Waals surface area contributed by atoms with Crippen molar-refractivity contribution in [3.63, 3.8) is 0 Å². The van der Waals surface area contributed by atoms with Crippen LogP contribution in [0.2, 0.25) is 0 Å². The molecule has 3 N–H and O–H groups in total. The first-order valence-corrected chi connectivity index (χ1v) is 6.41. The van der Waals surface area contributed by atoms with E-state index in [0.29, 0.717) is 25.5 Å². The number of ether oxygens (including phenoxy) is 1. The standard InChI is InChI=1S/C14H20N2O2.ClH/c1-10(15)8-14(17)16-9-11-6-7-18-13-5-3-2-4-12(11)13;/h2-5,10-11H,6-9,15H2,1H3,(H,16,17);1H. The average molecular weight is 285 g/mol. The Kier molecular flexibility index (Phi) is 6.12. The van der Waals surface area contributed by atoms with Crippen LogP contribution in [0.4, 0.5) is 0 Å². The van der Waals surface area contributed by atoms with Crippen molar-refractivity contribution >= 4 is 18.3 Å². The maximum atomic E-state index is 11.6. The van der Waals surface area contributed by atoms with Crippen molar-refractivity contribution in [1.82, 2.24) is 5.32 Å². The molecular formula is C14H21ClN2O2. The fraction of sp³-hybridized carbons (Fsp3) is 0.500. The Morgan fingerprint density at radius 3 is 3.00 bits per heavy atom. The monoisotopic (exact) mass is 284 g/mol. The van der Waals surface area contributed by atoms with Crippen LogP contribution < -0.4 is 15.8 Å². The van der Waals surface area contributed by atoms with Gasteiger partial charge in [0.25, 0.3) is 0 Å². The molecule has 0 aromatic heterocycles. The van der Waals surface area contributed by atoms with Gasteiger partial charge in [-0.25, -0.2) is 0 Å². The van der Waals surface area contributed by atoms with E-state index in [1.807, 2.05) is 25.1 Å². The van der Waals surface area contributed by atoms with Gasteiger partial charge in [0.2, 0.25) is 5.91 Å². The van der Waals surface area contributed by atoms with Crippen LogP contribution in [0.3, 0.4) is 0 Å². The number of amides is 1. The van der Waals surface area contributed by atoms with Crippen molar-refractivity contribution in [2.75, 3.05) is 13.2 Å². The molecule has 1 aromatic carbocycles. The van der Waals surface area contributed by atoms with E-state index < -0.39 is 0 Å². The summed E-state index contributed by atoms with van der Waals surface area (Å²) >= 11 is 0. The van der Waals surface area contributed by atoms with Crippen molar-refractivity contribution in [2.24, 2.45) is 5.73 Å². The zero-order chi connectivity index (χ0) is 13.0. The molecule has 1 aromatic rings. The van der Waals surface area contributed by atoms with Gasteiger partial charge >= 0.3 is 0 Å². The lowest BCUT2D eigenvalue weighted by Crippen LogP contribution is -2.34. The number of hydrogen-bond acceptors (Lipinski definition) is 3. The zero-order valence-corrected chi connectivity index (χ0v) is 11.9. The number of halogens is 1. The number of fused-ring (bicyclic) bond motifs is 1. The molecule has 0 aliphatic carbocycles. The summed E-state index contributed by atoms with van der Waals surface area (Å²) in [6, 6.07) is 7.93. The van der Waals surface area contributed by atoms with Gasteiger partial charge in [0.1, 0.15) is 5.75 Å². The first-order valence-electron chi connectivity index (χ1n) is 6.41. The van der Waals surface area contributed by atoms with Gasteiger partial charge in [-0.05, 0) is 25.0 Å². The smallest absolute Gasteiger partial charge is 0.221 e. The topological polar surface area (TPSA) is 64.4 Å². The van der Waals surface area contributed by atoms with Gasteiger partial charge in [-0.2, -0.15) is 0 Å². The number of rotatable bonds is 4. The number of nitrogens with two attached hydrogens (primary N) is 1. The predicted octanol–water partition coefficient (Wildman–Crippen LogP) is 1.83. The number of carbonyl (C=O) groups excluding carboxylic acids is 1. The number of nitrogens with one attached hydrogen (secondary N) is 1. The highest BCUT2D eigenvalue weighted by molar-refractivity contribution is 5.85.